The number of aryl methyl sites for hydroxylation is 1. The Morgan fingerprint density at radius 3 is 2.54 bits per heavy atom. The van der Waals surface area contributed by atoms with E-state index in [2.05, 4.69) is 20.0 Å². The zero-order valence-corrected chi connectivity index (χ0v) is 15.7. The number of rotatable bonds is 4. The van der Waals surface area contributed by atoms with E-state index >= 15 is 0 Å². The SMILES string of the molecule is Cc1nc(-c2ccc(N3CCN(S(=O)(=O)c4cccs4)CC3)nc2)no1. The standard InChI is InChI=1S/C16H17N5O3S2/c1-12-18-16(19-24-12)13-4-5-14(17-11-13)20-6-8-21(9-7-20)26(22,23)15-3-2-10-25-15/h2-5,10-11H,6-9H2,1H3. The summed E-state index contributed by atoms with van der Waals surface area (Å²) in [7, 11) is -3.39. The lowest BCUT2D eigenvalue weighted by molar-refractivity contribution is 0.385. The maximum absolute atomic E-state index is 12.6. The van der Waals surface area contributed by atoms with Crippen molar-refractivity contribution in [3.63, 3.8) is 0 Å². The van der Waals surface area contributed by atoms with E-state index in [-0.39, 0.29) is 0 Å². The fraction of sp³-hybridized carbons (Fsp3) is 0.312. The van der Waals surface area contributed by atoms with Gasteiger partial charge in [0.2, 0.25) is 11.7 Å². The quantitative estimate of drug-likeness (QED) is 0.672. The third-order valence-corrected chi connectivity index (χ3v) is 7.46. The lowest BCUT2D eigenvalue weighted by atomic mass is 10.2. The number of piperazine rings is 1. The Kier molecular flexibility index (Phi) is 4.47. The second-order valence-electron chi connectivity index (χ2n) is 5.87. The van der Waals surface area contributed by atoms with E-state index in [9.17, 15) is 8.42 Å². The van der Waals surface area contributed by atoms with E-state index in [4.69, 9.17) is 4.52 Å². The number of nitrogens with zero attached hydrogens (tertiary/aromatic N) is 5. The van der Waals surface area contributed by atoms with Crippen LogP contribution < -0.4 is 4.90 Å². The molecule has 0 aromatic carbocycles. The molecule has 3 aromatic heterocycles. The summed E-state index contributed by atoms with van der Waals surface area (Å²) in [4.78, 5) is 10.7. The summed E-state index contributed by atoms with van der Waals surface area (Å²) in [6.45, 7) is 3.81. The van der Waals surface area contributed by atoms with Gasteiger partial charge in [0.1, 0.15) is 10.0 Å². The summed E-state index contributed by atoms with van der Waals surface area (Å²) in [5.74, 6) is 1.82. The van der Waals surface area contributed by atoms with Crippen LogP contribution in [0, 0.1) is 6.92 Å². The molecule has 0 aliphatic carbocycles. The van der Waals surface area contributed by atoms with Crippen LogP contribution in [0.3, 0.4) is 0 Å². The molecular formula is C16H17N5O3S2. The Morgan fingerprint density at radius 1 is 1.15 bits per heavy atom. The predicted molar refractivity (Wildman–Crippen MR) is 97.6 cm³/mol. The van der Waals surface area contributed by atoms with Gasteiger partial charge in [0, 0.05) is 44.9 Å². The minimum absolute atomic E-state index is 0.392. The molecule has 0 atom stereocenters. The molecule has 0 spiro atoms. The topological polar surface area (TPSA) is 92.4 Å². The Morgan fingerprint density at radius 2 is 1.96 bits per heavy atom. The highest BCUT2D eigenvalue weighted by atomic mass is 32.2. The van der Waals surface area contributed by atoms with E-state index in [0.29, 0.717) is 42.1 Å². The highest BCUT2D eigenvalue weighted by molar-refractivity contribution is 7.91. The number of anilines is 1. The number of hydrogen-bond acceptors (Lipinski definition) is 8. The van der Waals surface area contributed by atoms with Gasteiger partial charge in [-0.2, -0.15) is 9.29 Å². The number of hydrogen-bond donors (Lipinski definition) is 0. The molecule has 0 unspecified atom stereocenters. The summed E-state index contributed by atoms with van der Waals surface area (Å²) < 4.78 is 32.1. The van der Waals surface area contributed by atoms with E-state index < -0.39 is 10.0 Å². The van der Waals surface area contributed by atoms with Crippen molar-refractivity contribution in [1.29, 1.82) is 0 Å². The molecule has 3 aromatic rings. The van der Waals surface area contributed by atoms with E-state index in [1.807, 2.05) is 12.1 Å². The van der Waals surface area contributed by atoms with Crippen LogP contribution in [0.25, 0.3) is 11.4 Å². The van der Waals surface area contributed by atoms with Crippen molar-refractivity contribution in [3.8, 4) is 11.4 Å². The molecule has 0 amide bonds. The smallest absolute Gasteiger partial charge is 0.252 e. The third-order valence-electron chi connectivity index (χ3n) is 4.19. The first-order valence-corrected chi connectivity index (χ1v) is 10.4. The lowest BCUT2D eigenvalue weighted by Gasteiger charge is -2.34. The Hall–Kier alpha value is -2.30. The molecule has 1 aliphatic rings. The van der Waals surface area contributed by atoms with Gasteiger partial charge < -0.3 is 9.42 Å². The van der Waals surface area contributed by atoms with Gasteiger partial charge >= 0.3 is 0 Å². The molecule has 0 N–H and O–H groups in total. The van der Waals surface area contributed by atoms with Gasteiger partial charge in [0.25, 0.3) is 10.0 Å². The van der Waals surface area contributed by atoms with Gasteiger partial charge in [0.15, 0.2) is 0 Å². The molecule has 1 saturated heterocycles. The van der Waals surface area contributed by atoms with Crippen LogP contribution in [0.2, 0.25) is 0 Å². The average molecular weight is 391 g/mol. The highest BCUT2D eigenvalue weighted by Gasteiger charge is 2.29. The average Bonchev–Trinajstić information content (AvgIpc) is 3.34. The maximum atomic E-state index is 12.6. The molecule has 4 heterocycles. The molecular weight excluding hydrogens is 374 g/mol. The first-order chi connectivity index (χ1) is 12.5. The summed E-state index contributed by atoms with van der Waals surface area (Å²) in [6, 6.07) is 7.18. The Bertz CT molecular complexity index is 975. The van der Waals surface area contributed by atoms with Crippen LogP contribution in [0.15, 0.2) is 44.6 Å². The van der Waals surface area contributed by atoms with Gasteiger partial charge in [-0.15, -0.1) is 11.3 Å². The monoisotopic (exact) mass is 391 g/mol. The minimum Gasteiger partial charge on any atom is -0.354 e. The molecule has 0 bridgehead atoms. The zero-order chi connectivity index (χ0) is 18.1. The van der Waals surface area contributed by atoms with Gasteiger partial charge in [0.05, 0.1) is 0 Å². The zero-order valence-electron chi connectivity index (χ0n) is 14.1. The summed E-state index contributed by atoms with van der Waals surface area (Å²) in [6.07, 6.45) is 1.70. The van der Waals surface area contributed by atoms with Crippen molar-refractivity contribution in [2.45, 2.75) is 11.1 Å². The molecule has 1 aliphatic heterocycles. The second kappa shape index (κ2) is 6.78. The molecule has 10 heteroatoms. The van der Waals surface area contributed by atoms with E-state index in [1.165, 1.54) is 15.6 Å². The van der Waals surface area contributed by atoms with Crippen molar-refractivity contribution in [1.82, 2.24) is 19.4 Å². The van der Waals surface area contributed by atoms with Crippen molar-refractivity contribution in [2.24, 2.45) is 0 Å². The van der Waals surface area contributed by atoms with Crippen molar-refractivity contribution >= 4 is 27.2 Å². The summed E-state index contributed by atoms with van der Waals surface area (Å²) >= 11 is 1.25. The van der Waals surface area contributed by atoms with E-state index in [0.717, 1.165) is 11.4 Å². The number of aromatic nitrogens is 3. The number of pyridine rings is 1. The summed E-state index contributed by atoms with van der Waals surface area (Å²) in [5.41, 5.74) is 0.782. The second-order valence-corrected chi connectivity index (χ2v) is 8.98. The number of thiophene rings is 1. The largest absolute Gasteiger partial charge is 0.354 e. The molecule has 0 saturated carbocycles. The normalized spacial score (nSPS) is 16.1. The molecule has 26 heavy (non-hydrogen) atoms. The van der Waals surface area contributed by atoms with Crippen LogP contribution in [0.4, 0.5) is 5.82 Å². The van der Waals surface area contributed by atoms with Crippen molar-refractivity contribution in [2.75, 3.05) is 31.1 Å². The molecule has 136 valence electrons. The first-order valence-electron chi connectivity index (χ1n) is 8.09. The maximum Gasteiger partial charge on any atom is 0.252 e. The lowest BCUT2D eigenvalue weighted by Crippen LogP contribution is -2.48. The molecule has 4 rings (SSSR count). The van der Waals surface area contributed by atoms with Crippen molar-refractivity contribution in [3.05, 3.63) is 41.7 Å². The van der Waals surface area contributed by atoms with Crippen LogP contribution >= 0.6 is 11.3 Å². The van der Waals surface area contributed by atoms with Crippen LogP contribution in [0.1, 0.15) is 5.89 Å². The van der Waals surface area contributed by atoms with Gasteiger partial charge in [-0.25, -0.2) is 13.4 Å². The van der Waals surface area contributed by atoms with Crippen LogP contribution in [-0.4, -0.2) is 54.0 Å². The first kappa shape index (κ1) is 17.1. The van der Waals surface area contributed by atoms with Crippen molar-refractivity contribution < 1.29 is 12.9 Å². The van der Waals surface area contributed by atoms with Crippen LogP contribution in [-0.2, 0) is 10.0 Å². The number of sulfonamides is 1. The molecule has 0 radical (unpaired) electrons. The fourth-order valence-electron chi connectivity index (χ4n) is 2.82. The molecule has 1 fully saturated rings. The Balaban J connectivity index is 1.43. The third kappa shape index (κ3) is 3.22. The fourth-order valence-corrected chi connectivity index (χ4v) is 5.38. The minimum atomic E-state index is -3.39. The van der Waals surface area contributed by atoms with Gasteiger partial charge in [-0.1, -0.05) is 11.2 Å². The molecule has 8 nitrogen and oxygen atoms in total. The predicted octanol–water partition coefficient (Wildman–Crippen LogP) is 2.01. The van der Waals surface area contributed by atoms with E-state index in [1.54, 1.807) is 30.6 Å². The Labute approximate surface area is 155 Å². The van der Waals surface area contributed by atoms with Gasteiger partial charge in [-0.3, -0.25) is 0 Å². The van der Waals surface area contributed by atoms with Crippen LogP contribution in [0.5, 0.6) is 0 Å². The summed E-state index contributed by atoms with van der Waals surface area (Å²) in [5, 5.41) is 5.66. The van der Waals surface area contributed by atoms with Gasteiger partial charge in [-0.05, 0) is 23.6 Å². The highest BCUT2D eigenvalue weighted by Crippen LogP contribution is 2.24.